The third kappa shape index (κ3) is 3.51. The predicted octanol–water partition coefficient (Wildman–Crippen LogP) is 1.98. The van der Waals surface area contributed by atoms with Crippen LogP contribution < -0.4 is 4.90 Å². The molecule has 0 unspecified atom stereocenters. The maximum atomic E-state index is 13.1. The lowest BCUT2D eigenvalue weighted by Crippen LogP contribution is -2.49. The van der Waals surface area contributed by atoms with Gasteiger partial charge in [0.05, 0.1) is 5.69 Å². The highest BCUT2D eigenvalue weighted by atomic mass is 19.1. The normalized spacial score (nSPS) is 14.4. The van der Waals surface area contributed by atoms with Gasteiger partial charge in [-0.2, -0.15) is 5.10 Å². The van der Waals surface area contributed by atoms with Gasteiger partial charge in [-0.3, -0.25) is 9.48 Å². The van der Waals surface area contributed by atoms with Crippen molar-refractivity contribution in [2.24, 2.45) is 7.05 Å². The molecule has 1 aliphatic heterocycles. The molecule has 0 radical (unpaired) electrons. The van der Waals surface area contributed by atoms with E-state index in [2.05, 4.69) is 20.0 Å². The maximum absolute atomic E-state index is 13.1. The van der Waals surface area contributed by atoms with Crippen LogP contribution in [0.5, 0.6) is 0 Å². The second-order valence-electron chi connectivity index (χ2n) is 6.37. The molecule has 4 rings (SSSR count). The lowest BCUT2D eigenvalue weighted by molar-refractivity contribution is 0.0735. The molecule has 1 amide bonds. The van der Waals surface area contributed by atoms with Crippen molar-refractivity contribution in [2.75, 3.05) is 31.1 Å². The van der Waals surface area contributed by atoms with Gasteiger partial charge >= 0.3 is 0 Å². The third-order valence-electron chi connectivity index (χ3n) is 4.64. The van der Waals surface area contributed by atoms with Crippen LogP contribution >= 0.6 is 0 Å². The number of piperazine rings is 1. The van der Waals surface area contributed by atoms with Crippen LogP contribution in [0.15, 0.2) is 48.8 Å². The first-order chi connectivity index (χ1) is 13.1. The van der Waals surface area contributed by atoms with E-state index in [0.717, 1.165) is 5.56 Å². The summed E-state index contributed by atoms with van der Waals surface area (Å²) in [6.45, 7) is 2.54. The van der Waals surface area contributed by atoms with Crippen LogP contribution in [0.1, 0.15) is 10.5 Å². The molecule has 8 heteroatoms. The first kappa shape index (κ1) is 17.1. The molecule has 1 aliphatic rings. The van der Waals surface area contributed by atoms with Crippen molar-refractivity contribution < 1.29 is 9.18 Å². The van der Waals surface area contributed by atoms with Gasteiger partial charge in [0.1, 0.15) is 11.5 Å². The zero-order valence-corrected chi connectivity index (χ0v) is 14.9. The van der Waals surface area contributed by atoms with E-state index >= 15 is 0 Å². The predicted molar refractivity (Wildman–Crippen MR) is 98.8 cm³/mol. The molecular weight excluding hydrogens is 347 g/mol. The topological polar surface area (TPSA) is 67.2 Å². The van der Waals surface area contributed by atoms with Crippen LogP contribution in [0.4, 0.5) is 10.3 Å². The number of anilines is 1. The Morgan fingerprint density at radius 2 is 1.70 bits per heavy atom. The monoisotopic (exact) mass is 366 g/mol. The number of hydrogen-bond acceptors (Lipinski definition) is 5. The van der Waals surface area contributed by atoms with E-state index in [-0.39, 0.29) is 11.7 Å². The van der Waals surface area contributed by atoms with Crippen molar-refractivity contribution >= 4 is 11.9 Å². The second-order valence-corrected chi connectivity index (χ2v) is 6.37. The molecule has 1 saturated heterocycles. The highest BCUT2D eigenvalue weighted by Crippen LogP contribution is 2.21. The lowest BCUT2D eigenvalue weighted by Gasteiger charge is -2.34. The van der Waals surface area contributed by atoms with Crippen LogP contribution in [0.2, 0.25) is 0 Å². The van der Waals surface area contributed by atoms with E-state index in [9.17, 15) is 9.18 Å². The molecule has 1 fully saturated rings. The van der Waals surface area contributed by atoms with Gasteiger partial charge in [0.2, 0.25) is 5.95 Å². The minimum absolute atomic E-state index is 0.0630. The number of benzene rings is 1. The molecule has 0 N–H and O–H groups in total. The van der Waals surface area contributed by atoms with Crippen molar-refractivity contribution in [3.8, 4) is 11.3 Å². The molecule has 2 aromatic heterocycles. The van der Waals surface area contributed by atoms with Crippen LogP contribution in [-0.4, -0.2) is 56.7 Å². The Morgan fingerprint density at radius 1 is 1.04 bits per heavy atom. The number of halogens is 1. The van der Waals surface area contributed by atoms with Crippen molar-refractivity contribution in [3.63, 3.8) is 0 Å². The standard InChI is InChI=1S/C19H19FN6O/c1-24-17(13-16(23-24)14-3-5-15(20)6-4-14)18(27)25-9-11-26(12-10-25)19-21-7-2-8-22-19/h2-8,13H,9-12H2,1H3. The Bertz CT molecular complexity index is 933. The van der Waals surface area contributed by atoms with E-state index in [1.807, 2.05) is 4.90 Å². The summed E-state index contributed by atoms with van der Waals surface area (Å²) < 4.78 is 14.7. The largest absolute Gasteiger partial charge is 0.337 e. The fourth-order valence-corrected chi connectivity index (χ4v) is 3.16. The third-order valence-corrected chi connectivity index (χ3v) is 4.64. The van der Waals surface area contributed by atoms with Crippen molar-refractivity contribution in [2.45, 2.75) is 0 Å². The van der Waals surface area contributed by atoms with E-state index < -0.39 is 0 Å². The smallest absolute Gasteiger partial charge is 0.272 e. The number of rotatable bonds is 3. The van der Waals surface area contributed by atoms with Gasteiger partial charge in [0.25, 0.3) is 5.91 Å². The van der Waals surface area contributed by atoms with Crippen molar-refractivity contribution in [1.82, 2.24) is 24.6 Å². The Balaban J connectivity index is 1.47. The molecule has 27 heavy (non-hydrogen) atoms. The number of hydrogen-bond donors (Lipinski definition) is 0. The van der Waals surface area contributed by atoms with E-state index in [4.69, 9.17) is 0 Å². The molecule has 0 aliphatic carbocycles. The molecule has 3 heterocycles. The quantitative estimate of drug-likeness (QED) is 0.709. The zero-order valence-electron chi connectivity index (χ0n) is 14.9. The molecule has 7 nitrogen and oxygen atoms in total. The van der Waals surface area contributed by atoms with Crippen molar-refractivity contribution in [1.29, 1.82) is 0 Å². The summed E-state index contributed by atoms with van der Waals surface area (Å²) in [7, 11) is 1.74. The van der Waals surface area contributed by atoms with Gasteiger partial charge in [0.15, 0.2) is 0 Å². The van der Waals surface area contributed by atoms with Crippen LogP contribution in [0.25, 0.3) is 11.3 Å². The SMILES string of the molecule is Cn1nc(-c2ccc(F)cc2)cc1C(=O)N1CCN(c2ncccn2)CC1. The maximum Gasteiger partial charge on any atom is 0.272 e. The average Bonchev–Trinajstić information content (AvgIpc) is 3.10. The fraction of sp³-hybridized carbons (Fsp3) is 0.263. The van der Waals surface area contributed by atoms with Gasteiger partial charge in [-0.25, -0.2) is 14.4 Å². The average molecular weight is 366 g/mol. The van der Waals surface area contributed by atoms with Gasteiger partial charge in [0, 0.05) is 51.2 Å². The van der Waals surface area contributed by atoms with Crippen LogP contribution in [-0.2, 0) is 7.05 Å². The van der Waals surface area contributed by atoms with Gasteiger partial charge in [-0.05, 0) is 36.4 Å². The summed E-state index contributed by atoms with van der Waals surface area (Å²) in [6.07, 6.45) is 3.43. The molecule has 138 valence electrons. The summed E-state index contributed by atoms with van der Waals surface area (Å²) in [5.41, 5.74) is 1.94. The van der Waals surface area contributed by atoms with Crippen LogP contribution in [0, 0.1) is 5.82 Å². The molecule has 0 spiro atoms. The molecule has 0 saturated carbocycles. The van der Waals surface area contributed by atoms with Crippen LogP contribution in [0.3, 0.4) is 0 Å². The summed E-state index contributed by atoms with van der Waals surface area (Å²) in [6, 6.07) is 9.62. The number of amides is 1. The fourth-order valence-electron chi connectivity index (χ4n) is 3.16. The molecule has 1 aromatic carbocycles. The van der Waals surface area contributed by atoms with E-state index in [0.29, 0.717) is 43.5 Å². The van der Waals surface area contributed by atoms with Crippen molar-refractivity contribution in [3.05, 3.63) is 60.3 Å². The number of aromatic nitrogens is 4. The molecular formula is C19H19FN6O. The van der Waals surface area contributed by atoms with E-state index in [1.54, 1.807) is 48.4 Å². The minimum Gasteiger partial charge on any atom is -0.337 e. The summed E-state index contributed by atoms with van der Waals surface area (Å²) in [5, 5.41) is 4.41. The van der Waals surface area contributed by atoms with E-state index in [1.165, 1.54) is 12.1 Å². The summed E-state index contributed by atoms with van der Waals surface area (Å²) in [4.78, 5) is 25.3. The molecule has 0 atom stereocenters. The Morgan fingerprint density at radius 3 is 2.37 bits per heavy atom. The summed E-state index contributed by atoms with van der Waals surface area (Å²) in [5.74, 6) is 0.321. The van der Waals surface area contributed by atoms with Gasteiger partial charge < -0.3 is 9.80 Å². The zero-order chi connectivity index (χ0) is 18.8. The first-order valence-corrected chi connectivity index (χ1v) is 8.73. The first-order valence-electron chi connectivity index (χ1n) is 8.73. The Hall–Kier alpha value is -3.29. The number of nitrogens with zero attached hydrogens (tertiary/aromatic N) is 6. The summed E-state index contributed by atoms with van der Waals surface area (Å²) >= 11 is 0. The Kier molecular flexibility index (Phi) is 4.53. The highest BCUT2D eigenvalue weighted by Gasteiger charge is 2.25. The highest BCUT2D eigenvalue weighted by molar-refractivity contribution is 5.94. The van der Waals surface area contributed by atoms with Gasteiger partial charge in [-0.15, -0.1) is 0 Å². The minimum atomic E-state index is -0.300. The molecule has 0 bridgehead atoms. The second kappa shape index (κ2) is 7.14. The molecule has 3 aromatic rings. The Labute approximate surface area is 156 Å². The lowest BCUT2D eigenvalue weighted by atomic mass is 10.1. The van der Waals surface area contributed by atoms with Gasteiger partial charge in [-0.1, -0.05) is 0 Å². The number of carbonyl (C=O) groups is 1. The number of aryl methyl sites for hydroxylation is 1. The number of carbonyl (C=O) groups excluding carboxylic acids is 1.